The first-order chi connectivity index (χ1) is 13.9. The number of hydrogen-bond acceptors (Lipinski definition) is 7. The van der Waals surface area contributed by atoms with Gasteiger partial charge in [-0.2, -0.15) is 14.9 Å². The fraction of sp³-hybridized carbons (Fsp3) is 0.158. The monoisotopic (exact) mass is 476 g/mol. The number of esters is 1. The molecule has 2 aromatic carbocycles. The standard InChI is InChI=1S/C19H17BrN4O4S/c1-11(25)28-17-15(26-2)8-12(9-16(17)27-3)10-21-24-18(22-23-19(24)29)13-6-4-5-7-14(13)20/h4-10H,1-3H3,(H,23,29)/b21-10+. The number of methoxy groups -OCH3 is 2. The van der Waals surface area contributed by atoms with Gasteiger partial charge in [0.1, 0.15) is 0 Å². The predicted octanol–water partition coefficient (Wildman–Crippen LogP) is 4.19. The summed E-state index contributed by atoms with van der Waals surface area (Å²) in [4.78, 5) is 11.4. The van der Waals surface area contributed by atoms with Crippen LogP contribution >= 0.6 is 28.1 Å². The van der Waals surface area contributed by atoms with Crippen LogP contribution in [0.25, 0.3) is 11.4 Å². The topological polar surface area (TPSA) is 90.7 Å². The lowest BCUT2D eigenvalue weighted by Crippen LogP contribution is -2.05. The number of H-pyrrole nitrogens is 1. The van der Waals surface area contributed by atoms with Crippen molar-refractivity contribution in [1.82, 2.24) is 14.9 Å². The Morgan fingerprint density at radius 3 is 2.48 bits per heavy atom. The van der Waals surface area contributed by atoms with E-state index in [0.717, 1.165) is 10.0 Å². The minimum atomic E-state index is -0.481. The first-order valence-electron chi connectivity index (χ1n) is 8.35. The Labute approximate surface area is 180 Å². The average Bonchev–Trinajstić information content (AvgIpc) is 3.07. The van der Waals surface area contributed by atoms with Crippen molar-refractivity contribution in [3.63, 3.8) is 0 Å². The smallest absolute Gasteiger partial charge is 0.308 e. The maximum atomic E-state index is 11.4. The highest BCUT2D eigenvalue weighted by Crippen LogP contribution is 2.38. The average molecular weight is 477 g/mol. The molecule has 1 heterocycles. The number of carbonyl (C=O) groups is 1. The normalized spacial score (nSPS) is 10.9. The Bertz CT molecular complexity index is 1110. The molecule has 29 heavy (non-hydrogen) atoms. The van der Waals surface area contributed by atoms with Crippen LogP contribution in [0.1, 0.15) is 12.5 Å². The second-order valence-corrected chi connectivity index (χ2v) is 6.98. The van der Waals surface area contributed by atoms with E-state index in [0.29, 0.717) is 27.7 Å². The van der Waals surface area contributed by atoms with Gasteiger partial charge in [-0.1, -0.05) is 28.1 Å². The van der Waals surface area contributed by atoms with E-state index in [1.807, 2.05) is 24.3 Å². The van der Waals surface area contributed by atoms with Crippen molar-refractivity contribution in [2.45, 2.75) is 6.92 Å². The number of hydrogen-bond donors (Lipinski definition) is 1. The molecular formula is C19H17BrN4O4S. The third-order valence-corrected chi connectivity index (χ3v) is 4.77. The maximum Gasteiger partial charge on any atom is 0.308 e. The minimum absolute atomic E-state index is 0.202. The summed E-state index contributed by atoms with van der Waals surface area (Å²) < 4.78 is 18.6. The summed E-state index contributed by atoms with van der Waals surface area (Å²) in [7, 11) is 2.94. The van der Waals surface area contributed by atoms with Crippen molar-refractivity contribution >= 4 is 40.3 Å². The molecule has 8 nitrogen and oxygen atoms in total. The molecule has 0 spiro atoms. The van der Waals surface area contributed by atoms with Gasteiger partial charge >= 0.3 is 5.97 Å². The molecule has 0 radical (unpaired) electrons. The predicted molar refractivity (Wildman–Crippen MR) is 114 cm³/mol. The summed E-state index contributed by atoms with van der Waals surface area (Å²) in [5, 5.41) is 11.5. The number of nitrogens with zero attached hydrogens (tertiary/aromatic N) is 3. The third-order valence-electron chi connectivity index (χ3n) is 3.82. The second-order valence-electron chi connectivity index (χ2n) is 5.74. The van der Waals surface area contributed by atoms with E-state index in [2.05, 4.69) is 31.2 Å². The molecule has 0 aliphatic heterocycles. The van der Waals surface area contributed by atoms with E-state index >= 15 is 0 Å². The molecule has 3 rings (SSSR count). The van der Waals surface area contributed by atoms with Gasteiger partial charge in [0.15, 0.2) is 17.3 Å². The third kappa shape index (κ3) is 4.54. The molecule has 0 amide bonds. The van der Waals surface area contributed by atoms with Crippen LogP contribution in [0.5, 0.6) is 17.2 Å². The van der Waals surface area contributed by atoms with Gasteiger partial charge in [-0.15, -0.1) is 0 Å². The van der Waals surface area contributed by atoms with E-state index in [4.69, 9.17) is 26.4 Å². The molecule has 0 aliphatic rings. The Kier molecular flexibility index (Phi) is 6.45. The second kappa shape index (κ2) is 9.01. The summed E-state index contributed by atoms with van der Waals surface area (Å²) in [5.74, 6) is 0.944. The highest BCUT2D eigenvalue weighted by Gasteiger charge is 2.16. The summed E-state index contributed by atoms with van der Waals surface area (Å²) in [6.07, 6.45) is 1.58. The van der Waals surface area contributed by atoms with Crippen LogP contribution in [0.2, 0.25) is 0 Å². The Morgan fingerprint density at radius 2 is 1.90 bits per heavy atom. The lowest BCUT2D eigenvalue weighted by Gasteiger charge is -2.13. The molecule has 0 atom stereocenters. The number of benzene rings is 2. The van der Waals surface area contributed by atoms with Gasteiger partial charge in [-0.05, 0) is 36.5 Å². The van der Waals surface area contributed by atoms with E-state index in [1.165, 1.54) is 25.8 Å². The van der Waals surface area contributed by atoms with Crippen molar-refractivity contribution in [3.05, 3.63) is 51.2 Å². The largest absolute Gasteiger partial charge is 0.493 e. The summed E-state index contributed by atoms with van der Waals surface area (Å²) in [5.41, 5.74) is 1.48. The Balaban J connectivity index is 2.03. The van der Waals surface area contributed by atoms with Crippen molar-refractivity contribution in [2.24, 2.45) is 5.10 Å². The lowest BCUT2D eigenvalue weighted by molar-refractivity contribution is -0.132. The van der Waals surface area contributed by atoms with Crippen molar-refractivity contribution in [3.8, 4) is 28.6 Å². The van der Waals surface area contributed by atoms with Crippen LogP contribution < -0.4 is 14.2 Å². The number of rotatable bonds is 6. The van der Waals surface area contributed by atoms with Crippen LogP contribution in [0.4, 0.5) is 0 Å². The molecule has 0 saturated carbocycles. The van der Waals surface area contributed by atoms with Gasteiger partial charge in [-0.25, -0.2) is 5.10 Å². The van der Waals surface area contributed by atoms with Crippen molar-refractivity contribution in [2.75, 3.05) is 14.2 Å². The number of aromatic amines is 1. The number of aromatic nitrogens is 3. The number of carbonyl (C=O) groups excluding carboxylic acids is 1. The molecule has 1 N–H and O–H groups in total. The van der Waals surface area contributed by atoms with E-state index in [1.54, 1.807) is 18.3 Å². The minimum Gasteiger partial charge on any atom is -0.493 e. The number of nitrogens with one attached hydrogen (secondary N) is 1. The maximum absolute atomic E-state index is 11.4. The van der Waals surface area contributed by atoms with Gasteiger partial charge < -0.3 is 14.2 Å². The summed E-state index contributed by atoms with van der Waals surface area (Å²) in [6.45, 7) is 1.30. The molecule has 0 fully saturated rings. The number of halogens is 1. The Hall–Kier alpha value is -2.98. The van der Waals surface area contributed by atoms with Crippen molar-refractivity contribution in [1.29, 1.82) is 0 Å². The van der Waals surface area contributed by atoms with Gasteiger partial charge in [0.2, 0.25) is 10.5 Å². The van der Waals surface area contributed by atoms with Gasteiger partial charge in [0.05, 0.1) is 20.4 Å². The zero-order valence-electron chi connectivity index (χ0n) is 15.8. The van der Waals surface area contributed by atoms with Gasteiger partial charge in [0, 0.05) is 22.5 Å². The molecule has 0 bridgehead atoms. The van der Waals surface area contributed by atoms with Gasteiger partial charge in [0.25, 0.3) is 0 Å². The molecule has 1 aromatic heterocycles. The first-order valence-corrected chi connectivity index (χ1v) is 9.55. The molecule has 150 valence electrons. The van der Waals surface area contributed by atoms with Crippen LogP contribution in [-0.4, -0.2) is 41.3 Å². The van der Waals surface area contributed by atoms with Crippen LogP contribution in [0, 0.1) is 4.77 Å². The zero-order valence-corrected chi connectivity index (χ0v) is 18.2. The van der Waals surface area contributed by atoms with Crippen molar-refractivity contribution < 1.29 is 19.0 Å². The quantitative estimate of drug-likeness (QED) is 0.248. The zero-order chi connectivity index (χ0) is 21.0. The van der Waals surface area contributed by atoms with E-state index in [-0.39, 0.29) is 5.75 Å². The highest BCUT2D eigenvalue weighted by molar-refractivity contribution is 9.10. The molecule has 0 unspecified atom stereocenters. The first kappa shape index (κ1) is 20.7. The fourth-order valence-electron chi connectivity index (χ4n) is 2.56. The fourth-order valence-corrected chi connectivity index (χ4v) is 3.20. The van der Waals surface area contributed by atoms with E-state index < -0.39 is 5.97 Å². The summed E-state index contributed by atoms with van der Waals surface area (Å²) in [6, 6.07) is 11.0. The van der Waals surface area contributed by atoms with Crippen LogP contribution in [0.15, 0.2) is 46.0 Å². The van der Waals surface area contributed by atoms with Crippen LogP contribution in [-0.2, 0) is 4.79 Å². The van der Waals surface area contributed by atoms with Gasteiger partial charge in [-0.3, -0.25) is 4.79 Å². The van der Waals surface area contributed by atoms with E-state index in [9.17, 15) is 4.79 Å². The van der Waals surface area contributed by atoms with Crippen LogP contribution in [0.3, 0.4) is 0 Å². The lowest BCUT2D eigenvalue weighted by atomic mass is 10.2. The molecule has 0 saturated heterocycles. The SMILES string of the molecule is COc1cc(/C=N/n2c(-c3ccccc3Br)n[nH]c2=S)cc(OC)c1OC(C)=O. The molecular weight excluding hydrogens is 460 g/mol. The molecule has 0 aliphatic carbocycles. The highest BCUT2D eigenvalue weighted by atomic mass is 79.9. The molecule has 3 aromatic rings. The Morgan fingerprint density at radius 1 is 1.24 bits per heavy atom. The molecule has 10 heteroatoms. The summed E-state index contributed by atoms with van der Waals surface area (Å²) >= 11 is 8.82. The number of ether oxygens (including phenoxy) is 3.